The van der Waals surface area contributed by atoms with Gasteiger partial charge in [-0.1, -0.05) is 26.0 Å². The molecule has 4 N–H and O–H groups in total. The molecule has 0 radical (unpaired) electrons. The summed E-state index contributed by atoms with van der Waals surface area (Å²) in [7, 11) is -3.90. The van der Waals surface area contributed by atoms with E-state index in [0.29, 0.717) is 42.7 Å². The van der Waals surface area contributed by atoms with Gasteiger partial charge >= 0.3 is 6.09 Å². The zero-order chi connectivity index (χ0) is 36.7. The standard InChI is InChI=1S/C36H47N5O9S/c1-20(2)49-25-9-12-28-23(16-25)13-14-37-32(28)50-26-17-29-31(42)39-36(34(44)40-51(47,48)27-10-11-27)18-24(36)8-6-5-7-21(3)15-22(4)30(38-35(45)46)33(43)41(29)19-26/h6,8-9,12-14,16,20-22,24,26-27,29-30,38H,5,7,10-11,15,17-19H2,1-4H3,(H,39,42)(H,40,44)(H,45,46)/b8-6-/t21-,22-,24?,26-,29+,30+,36?/m1/s1. The zero-order valence-electron chi connectivity index (χ0n) is 29.3. The highest BCUT2D eigenvalue weighted by atomic mass is 32.2. The van der Waals surface area contributed by atoms with Gasteiger partial charge in [0.1, 0.15) is 29.5 Å². The molecule has 2 saturated carbocycles. The number of ether oxygens (including phenoxy) is 2. The molecule has 0 bridgehead atoms. The first-order valence-electron chi connectivity index (χ1n) is 17.7. The van der Waals surface area contributed by atoms with Crippen LogP contribution in [0.15, 0.2) is 42.6 Å². The molecule has 0 spiro atoms. The minimum atomic E-state index is -3.90. The summed E-state index contributed by atoms with van der Waals surface area (Å²) in [6.45, 7) is 7.66. The SMILES string of the molecule is CC(C)Oc1ccc2c(O[C@@H]3C[C@H]4C(=O)NC5(C(=O)NS(=O)(=O)C6CC6)CC5/C=C\CC[C@@H](C)C[C@@H](C)[C@H](NC(=O)O)C(=O)N4C3)nccc2c1. The molecular formula is C36H47N5O9S. The number of aromatic nitrogens is 1. The Morgan fingerprint density at radius 1 is 1.12 bits per heavy atom. The van der Waals surface area contributed by atoms with Crippen molar-refractivity contribution in [3.05, 3.63) is 42.6 Å². The Bertz CT molecular complexity index is 1830. The van der Waals surface area contributed by atoms with E-state index in [9.17, 15) is 32.7 Å². The third-order valence-electron chi connectivity index (χ3n) is 10.2. The molecule has 2 aliphatic heterocycles. The lowest BCUT2D eigenvalue weighted by Crippen LogP contribution is -2.59. The van der Waals surface area contributed by atoms with E-state index < -0.39 is 74.7 Å². The monoisotopic (exact) mass is 725 g/mol. The molecule has 51 heavy (non-hydrogen) atoms. The minimum Gasteiger partial charge on any atom is -0.491 e. The molecule has 15 heteroatoms. The summed E-state index contributed by atoms with van der Waals surface area (Å²) in [5.41, 5.74) is -1.52. The smallest absolute Gasteiger partial charge is 0.405 e. The summed E-state index contributed by atoms with van der Waals surface area (Å²) in [4.78, 5) is 60.0. The second-order valence-corrected chi connectivity index (χ2v) is 16.8. The average molecular weight is 726 g/mol. The number of allylic oxidation sites excluding steroid dienone is 1. The Morgan fingerprint density at radius 2 is 1.88 bits per heavy atom. The van der Waals surface area contributed by atoms with Gasteiger partial charge in [0.25, 0.3) is 5.91 Å². The third kappa shape index (κ3) is 8.08. The number of hydrogen-bond acceptors (Lipinski definition) is 9. The van der Waals surface area contributed by atoms with Crippen molar-refractivity contribution in [3.63, 3.8) is 0 Å². The van der Waals surface area contributed by atoms with E-state index in [1.807, 2.05) is 64.1 Å². The topological polar surface area (TPSA) is 193 Å². The van der Waals surface area contributed by atoms with E-state index >= 15 is 0 Å². The number of rotatable bonds is 8. The maximum absolute atomic E-state index is 14.3. The first-order chi connectivity index (χ1) is 24.2. The average Bonchev–Trinajstić information content (AvgIpc) is 3.98. The fourth-order valence-electron chi connectivity index (χ4n) is 7.36. The Hall–Kier alpha value is -4.40. The molecular weight excluding hydrogens is 678 g/mol. The zero-order valence-corrected chi connectivity index (χ0v) is 30.1. The summed E-state index contributed by atoms with van der Waals surface area (Å²) < 4.78 is 40.0. The lowest BCUT2D eigenvalue weighted by Gasteiger charge is -2.32. The van der Waals surface area contributed by atoms with Gasteiger partial charge in [0, 0.05) is 23.9 Å². The minimum absolute atomic E-state index is 0.0203. The molecule has 2 aromatic rings. The van der Waals surface area contributed by atoms with Gasteiger partial charge in [-0.2, -0.15) is 0 Å². The second-order valence-electron chi connectivity index (χ2n) is 14.8. The van der Waals surface area contributed by atoms with Gasteiger partial charge in [-0.15, -0.1) is 0 Å². The molecule has 3 heterocycles. The van der Waals surface area contributed by atoms with Crippen LogP contribution >= 0.6 is 0 Å². The number of pyridine rings is 1. The van der Waals surface area contributed by atoms with Crippen LogP contribution in [-0.4, -0.2) is 88.8 Å². The van der Waals surface area contributed by atoms with Crippen molar-refractivity contribution in [1.29, 1.82) is 0 Å². The first-order valence-corrected chi connectivity index (χ1v) is 19.3. The molecule has 3 fully saturated rings. The van der Waals surface area contributed by atoms with Crippen molar-refractivity contribution in [2.24, 2.45) is 17.8 Å². The largest absolute Gasteiger partial charge is 0.491 e. The molecule has 6 rings (SSSR count). The number of sulfonamides is 1. The van der Waals surface area contributed by atoms with Gasteiger partial charge in [0.15, 0.2) is 0 Å². The van der Waals surface area contributed by atoms with Crippen molar-refractivity contribution in [3.8, 4) is 11.6 Å². The summed E-state index contributed by atoms with van der Waals surface area (Å²) in [5.74, 6) is -1.79. The molecule has 1 aromatic heterocycles. The fraction of sp³-hybridized carbons (Fsp3) is 0.583. The number of carboxylic acid groups (broad SMARTS) is 1. The molecule has 1 aromatic carbocycles. The van der Waals surface area contributed by atoms with Gasteiger partial charge in [-0.25, -0.2) is 18.2 Å². The highest BCUT2D eigenvalue weighted by Crippen LogP contribution is 2.46. The van der Waals surface area contributed by atoms with Crippen LogP contribution in [-0.2, 0) is 24.4 Å². The lowest BCUT2D eigenvalue weighted by molar-refractivity contribution is -0.142. The van der Waals surface area contributed by atoms with Gasteiger partial charge in [-0.05, 0) is 93.9 Å². The molecule has 14 nitrogen and oxygen atoms in total. The molecule has 1 saturated heterocycles. The number of nitrogens with zero attached hydrogens (tertiary/aromatic N) is 2. The Balaban J connectivity index is 1.32. The van der Waals surface area contributed by atoms with Gasteiger partial charge in [-0.3, -0.25) is 19.1 Å². The van der Waals surface area contributed by atoms with Crippen LogP contribution in [0.2, 0.25) is 0 Å². The predicted molar refractivity (Wildman–Crippen MR) is 187 cm³/mol. The van der Waals surface area contributed by atoms with Crippen molar-refractivity contribution < 1.29 is 42.2 Å². The first kappa shape index (κ1) is 36.4. The van der Waals surface area contributed by atoms with Crippen molar-refractivity contribution in [2.75, 3.05) is 6.54 Å². The second kappa shape index (κ2) is 14.3. The number of carbonyl (C=O) groups is 4. The van der Waals surface area contributed by atoms with Gasteiger partial charge < -0.3 is 30.1 Å². The quantitative estimate of drug-likeness (QED) is 0.293. The molecule has 2 unspecified atom stereocenters. The number of nitrogens with one attached hydrogen (secondary N) is 3. The van der Waals surface area contributed by atoms with Crippen LogP contribution in [0.1, 0.15) is 72.6 Å². The molecule has 276 valence electrons. The van der Waals surface area contributed by atoms with Crippen molar-refractivity contribution >= 4 is 44.6 Å². The predicted octanol–water partition coefficient (Wildman–Crippen LogP) is 3.50. The van der Waals surface area contributed by atoms with Crippen LogP contribution < -0.4 is 24.8 Å². The Labute approximate surface area is 297 Å². The van der Waals surface area contributed by atoms with Crippen LogP contribution in [0.25, 0.3) is 10.8 Å². The van der Waals surface area contributed by atoms with Crippen molar-refractivity contribution in [1.82, 2.24) is 25.2 Å². The molecule has 2 aliphatic carbocycles. The van der Waals surface area contributed by atoms with Gasteiger partial charge in [0.2, 0.25) is 27.7 Å². The summed E-state index contributed by atoms with van der Waals surface area (Å²) in [6.07, 6.45) is 6.36. The van der Waals surface area contributed by atoms with Crippen molar-refractivity contribution in [2.45, 2.75) is 108 Å². The van der Waals surface area contributed by atoms with E-state index in [1.165, 1.54) is 4.90 Å². The van der Waals surface area contributed by atoms with E-state index in [0.717, 1.165) is 11.8 Å². The number of fused-ring (bicyclic) bond motifs is 3. The molecule has 7 atom stereocenters. The van der Waals surface area contributed by atoms with Crippen LogP contribution in [0.3, 0.4) is 0 Å². The van der Waals surface area contributed by atoms with Crippen LogP contribution in [0, 0.1) is 17.8 Å². The van der Waals surface area contributed by atoms with Crippen LogP contribution in [0.5, 0.6) is 11.6 Å². The van der Waals surface area contributed by atoms with Gasteiger partial charge in [0.05, 0.1) is 17.9 Å². The maximum atomic E-state index is 14.3. The van der Waals surface area contributed by atoms with E-state index in [1.54, 1.807) is 6.20 Å². The number of benzene rings is 1. The van der Waals surface area contributed by atoms with E-state index in [4.69, 9.17) is 9.47 Å². The van der Waals surface area contributed by atoms with E-state index in [-0.39, 0.29) is 31.4 Å². The molecule has 4 aliphatic rings. The summed E-state index contributed by atoms with van der Waals surface area (Å²) in [6, 6.07) is 5.04. The highest BCUT2D eigenvalue weighted by Gasteiger charge is 2.62. The Kier molecular flexibility index (Phi) is 10.2. The van der Waals surface area contributed by atoms with E-state index in [2.05, 4.69) is 20.3 Å². The highest BCUT2D eigenvalue weighted by molar-refractivity contribution is 7.91. The summed E-state index contributed by atoms with van der Waals surface area (Å²) >= 11 is 0. The maximum Gasteiger partial charge on any atom is 0.405 e. The normalized spacial score (nSPS) is 30.6. The Morgan fingerprint density at radius 3 is 2.59 bits per heavy atom. The number of hydrogen-bond donors (Lipinski definition) is 4. The summed E-state index contributed by atoms with van der Waals surface area (Å²) in [5, 5.41) is 15.9. The number of amides is 4. The fourth-order valence-corrected chi connectivity index (χ4v) is 8.72. The molecule has 4 amide bonds. The lowest BCUT2D eigenvalue weighted by atomic mass is 9.88. The number of carbonyl (C=O) groups excluding carboxylic acids is 3. The van der Waals surface area contributed by atoms with Crippen LogP contribution in [0.4, 0.5) is 4.79 Å². The third-order valence-corrected chi connectivity index (χ3v) is 12.1.